The minimum absolute atomic E-state index is 0.506. The van der Waals surface area contributed by atoms with Gasteiger partial charge < -0.3 is 0 Å². The van der Waals surface area contributed by atoms with E-state index in [1.165, 1.54) is 48.8 Å². The summed E-state index contributed by atoms with van der Waals surface area (Å²) < 4.78 is 0. The molecule has 1 heterocycles. The van der Waals surface area contributed by atoms with Crippen LogP contribution in [0.25, 0.3) is 0 Å². The van der Waals surface area contributed by atoms with Crippen molar-refractivity contribution in [3.05, 3.63) is 82.4 Å². The molecule has 3 aliphatic rings. The molecule has 1 spiro atoms. The van der Waals surface area contributed by atoms with Gasteiger partial charge in [0, 0.05) is 6.21 Å². The van der Waals surface area contributed by atoms with Gasteiger partial charge in [-0.05, 0) is 96.6 Å². The maximum atomic E-state index is 4.71. The maximum Gasteiger partial charge on any atom is 0.0720 e. The van der Waals surface area contributed by atoms with Crippen molar-refractivity contribution in [2.75, 3.05) is 0 Å². The first-order chi connectivity index (χ1) is 13.6. The Balaban J connectivity index is 1.27. The van der Waals surface area contributed by atoms with Crippen molar-refractivity contribution in [2.45, 2.75) is 64.3 Å². The normalized spacial score (nSPS) is 31.2. The van der Waals surface area contributed by atoms with E-state index in [-0.39, 0.29) is 0 Å². The van der Waals surface area contributed by atoms with Crippen LogP contribution in [-0.4, -0.2) is 12.3 Å². The predicted molar refractivity (Wildman–Crippen MR) is 118 cm³/mol. The predicted octanol–water partition coefficient (Wildman–Crippen LogP) is 6.65. The summed E-state index contributed by atoms with van der Waals surface area (Å²) in [6, 6.07) is 18.6. The van der Waals surface area contributed by atoms with Gasteiger partial charge in [0.1, 0.15) is 0 Å². The molecule has 28 heavy (non-hydrogen) atoms. The summed E-state index contributed by atoms with van der Waals surface area (Å²) >= 11 is 0. The van der Waals surface area contributed by atoms with Crippen molar-refractivity contribution in [1.82, 2.24) is 0 Å². The Hall–Kier alpha value is -2.15. The van der Waals surface area contributed by atoms with Gasteiger partial charge in [0.2, 0.25) is 0 Å². The lowest BCUT2D eigenvalue weighted by Gasteiger charge is -2.41. The van der Waals surface area contributed by atoms with Crippen molar-refractivity contribution in [3.63, 3.8) is 0 Å². The first-order valence-corrected chi connectivity index (χ1v) is 11.0. The quantitative estimate of drug-likeness (QED) is 0.574. The lowest BCUT2D eigenvalue weighted by atomic mass is 9.64. The second-order valence-electron chi connectivity index (χ2n) is 9.39. The second-order valence-corrected chi connectivity index (χ2v) is 9.39. The molecule has 2 aromatic carbocycles. The van der Waals surface area contributed by atoms with Crippen LogP contribution < -0.4 is 0 Å². The number of aliphatic imine (C=N–C) groups is 1. The molecule has 0 N–H and O–H groups in total. The summed E-state index contributed by atoms with van der Waals surface area (Å²) in [5.74, 6) is 1.45. The van der Waals surface area contributed by atoms with E-state index in [2.05, 4.69) is 68.5 Å². The Labute approximate surface area is 169 Å². The molecule has 5 rings (SSSR count). The van der Waals surface area contributed by atoms with Crippen LogP contribution in [0.2, 0.25) is 0 Å². The highest BCUT2D eigenvalue weighted by Crippen LogP contribution is 2.58. The molecule has 0 saturated heterocycles. The van der Waals surface area contributed by atoms with Crippen LogP contribution in [0.15, 0.2) is 65.2 Å². The number of rotatable bonds is 3. The number of fused-ring (bicyclic) bond motifs is 1. The van der Waals surface area contributed by atoms with E-state index in [0.717, 1.165) is 18.3 Å². The Bertz CT molecular complexity index is 913. The van der Waals surface area contributed by atoms with Crippen LogP contribution in [0.4, 0.5) is 0 Å². The van der Waals surface area contributed by atoms with Gasteiger partial charge in [0.15, 0.2) is 0 Å². The molecule has 2 fully saturated rings. The highest BCUT2D eigenvalue weighted by Gasteiger charge is 2.49. The van der Waals surface area contributed by atoms with Gasteiger partial charge in [-0.15, -0.1) is 0 Å². The largest absolute Gasteiger partial charge is 0.285 e. The Morgan fingerprint density at radius 3 is 2.54 bits per heavy atom. The van der Waals surface area contributed by atoms with E-state index < -0.39 is 0 Å². The molecule has 2 aromatic rings. The van der Waals surface area contributed by atoms with E-state index in [1.54, 1.807) is 11.1 Å². The van der Waals surface area contributed by atoms with Gasteiger partial charge in [-0.2, -0.15) is 0 Å². The van der Waals surface area contributed by atoms with Gasteiger partial charge >= 0.3 is 0 Å². The number of allylic oxidation sites excluding steroid dienone is 1. The number of hydrogen-bond donors (Lipinski definition) is 0. The molecule has 2 saturated carbocycles. The Morgan fingerprint density at radius 1 is 1.04 bits per heavy atom. The number of nitrogens with zero attached hydrogens (tertiary/aromatic N) is 1. The van der Waals surface area contributed by atoms with Gasteiger partial charge in [-0.25, -0.2) is 0 Å². The topological polar surface area (TPSA) is 12.4 Å². The third-order valence-electron chi connectivity index (χ3n) is 7.99. The van der Waals surface area contributed by atoms with Crippen molar-refractivity contribution >= 4 is 6.21 Å². The molecule has 2 atom stereocenters. The van der Waals surface area contributed by atoms with Crippen molar-refractivity contribution in [3.8, 4) is 0 Å². The van der Waals surface area contributed by atoms with Crippen molar-refractivity contribution < 1.29 is 0 Å². The van der Waals surface area contributed by atoms with Gasteiger partial charge in [0.05, 0.1) is 6.04 Å². The third kappa shape index (κ3) is 3.05. The molecule has 1 heteroatoms. The van der Waals surface area contributed by atoms with E-state index in [1.807, 2.05) is 6.21 Å². The van der Waals surface area contributed by atoms with Crippen LogP contribution in [0.3, 0.4) is 0 Å². The minimum Gasteiger partial charge on any atom is -0.285 e. The molecule has 1 aliphatic heterocycles. The van der Waals surface area contributed by atoms with Crippen LogP contribution in [0.1, 0.15) is 67.2 Å². The number of aryl methyl sites for hydroxylation is 1. The SMILES string of the molecule is Cc1cc(C2CCC3(CC2)CC2N=CC=C2[C@H]3C)ccc1Cc1ccccc1. The molecule has 0 aromatic heterocycles. The third-order valence-corrected chi connectivity index (χ3v) is 7.99. The molecule has 144 valence electrons. The second kappa shape index (κ2) is 7.03. The summed E-state index contributed by atoms with van der Waals surface area (Å²) in [7, 11) is 0. The monoisotopic (exact) mass is 369 g/mol. The summed E-state index contributed by atoms with van der Waals surface area (Å²) in [6.07, 6.45) is 12.1. The van der Waals surface area contributed by atoms with E-state index >= 15 is 0 Å². The fraction of sp³-hybridized carbons (Fsp3) is 0.444. The summed E-state index contributed by atoms with van der Waals surface area (Å²) in [5, 5.41) is 0. The maximum absolute atomic E-state index is 4.71. The summed E-state index contributed by atoms with van der Waals surface area (Å²) in [4.78, 5) is 4.71. The zero-order valence-electron chi connectivity index (χ0n) is 17.2. The van der Waals surface area contributed by atoms with Gasteiger partial charge in [0.25, 0.3) is 0 Å². The number of hydrogen-bond acceptors (Lipinski definition) is 1. The van der Waals surface area contributed by atoms with Crippen LogP contribution in [-0.2, 0) is 6.42 Å². The van der Waals surface area contributed by atoms with Gasteiger partial charge in [-0.1, -0.05) is 55.5 Å². The smallest absolute Gasteiger partial charge is 0.0720 e. The van der Waals surface area contributed by atoms with E-state index in [9.17, 15) is 0 Å². The van der Waals surface area contributed by atoms with Crippen LogP contribution in [0.5, 0.6) is 0 Å². The highest BCUT2D eigenvalue weighted by molar-refractivity contribution is 5.77. The van der Waals surface area contributed by atoms with Gasteiger partial charge in [-0.3, -0.25) is 4.99 Å². The lowest BCUT2D eigenvalue weighted by Crippen LogP contribution is -2.30. The molecule has 1 nitrogen and oxygen atoms in total. The molecule has 1 unspecified atom stereocenters. The first-order valence-electron chi connectivity index (χ1n) is 11.0. The average molecular weight is 370 g/mol. The zero-order valence-corrected chi connectivity index (χ0v) is 17.2. The fourth-order valence-corrected chi connectivity index (χ4v) is 6.10. The lowest BCUT2D eigenvalue weighted by molar-refractivity contribution is 0.135. The van der Waals surface area contributed by atoms with Crippen molar-refractivity contribution in [1.29, 1.82) is 0 Å². The molecule has 0 bridgehead atoms. The zero-order chi connectivity index (χ0) is 19.1. The summed E-state index contributed by atoms with van der Waals surface area (Å²) in [5.41, 5.74) is 8.00. The Morgan fingerprint density at radius 2 is 1.82 bits per heavy atom. The highest BCUT2D eigenvalue weighted by atomic mass is 14.8. The number of benzene rings is 2. The average Bonchev–Trinajstić information content (AvgIpc) is 3.27. The fourth-order valence-electron chi connectivity index (χ4n) is 6.10. The molecule has 2 aliphatic carbocycles. The van der Waals surface area contributed by atoms with Crippen molar-refractivity contribution in [2.24, 2.45) is 16.3 Å². The van der Waals surface area contributed by atoms with Crippen LogP contribution >= 0.6 is 0 Å². The first kappa shape index (κ1) is 17.9. The molecule has 0 amide bonds. The minimum atomic E-state index is 0.506. The molecular formula is C27H31N. The van der Waals surface area contributed by atoms with E-state index in [0.29, 0.717) is 11.5 Å². The Kier molecular flexibility index (Phi) is 4.50. The molecule has 0 radical (unpaired) electrons. The summed E-state index contributed by atoms with van der Waals surface area (Å²) in [6.45, 7) is 4.75. The standard InChI is InChI=1S/C27H31N/c1-19-16-24(9-8-23(19)17-21-6-4-3-5-7-21)22-10-13-27(14-11-22)18-26-25(20(27)2)12-15-28-26/h3-9,12,15-16,20,22,26H,10-11,13-14,17-18H2,1-2H3/t20-,22?,26?,27?/m1/s1. The molecular weight excluding hydrogens is 338 g/mol. The van der Waals surface area contributed by atoms with Crippen LogP contribution in [0, 0.1) is 18.3 Å². The van der Waals surface area contributed by atoms with E-state index in [4.69, 9.17) is 4.99 Å².